The summed E-state index contributed by atoms with van der Waals surface area (Å²) in [6, 6.07) is 0. The van der Waals surface area contributed by atoms with E-state index >= 15 is 0 Å². The molecule has 0 aromatic rings. The van der Waals surface area contributed by atoms with E-state index in [9.17, 15) is 4.79 Å². The third-order valence-corrected chi connectivity index (χ3v) is 4.30. The van der Waals surface area contributed by atoms with E-state index in [0.717, 1.165) is 38.9 Å². The predicted octanol–water partition coefficient (Wildman–Crippen LogP) is 1.24. The molecular weight excluding hydrogens is 242 g/mol. The molecule has 0 N–H and O–H groups in total. The van der Waals surface area contributed by atoms with Crippen molar-refractivity contribution >= 4 is 11.6 Å². The number of carbonyl (C=O) groups excluding carboxylic acids is 1. The lowest BCUT2D eigenvalue weighted by Crippen LogP contribution is -2.33. The summed E-state index contributed by atoms with van der Waals surface area (Å²) in [4.78, 5) is 21.5. The first kappa shape index (κ1) is 12.9. The highest BCUT2D eigenvalue weighted by Gasteiger charge is 2.28. The van der Waals surface area contributed by atoms with Crippen molar-refractivity contribution in [2.75, 3.05) is 32.7 Å². The van der Waals surface area contributed by atoms with Crippen LogP contribution < -0.4 is 0 Å². The maximum Gasteiger partial charge on any atom is 0.222 e. The number of rotatable bonds is 5. The summed E-state index contributed by atoms with van der Waals surface area (Å²) in [5.41, 5.74) is 1.17. The van der Waals surface area contributed by atoms with Gasteiger partial charge in [0.1, 0.15) is 6.10 Å². The van der Waals surface area contributed by atoms with Gasteiger partial charge in [0.05, 0.1) is 12.3 Å². The molecule has 1 unspecified atom stereocenters. The van der Waals surface area contributed by atoms with E-state index in [0.29, 0.717) is 6.42 Å². The van der Waals surface area contributed by atoms with Gasteiger partial charge in [0.25, 0.3) is 0 Å². The zero-order chi connectivity index (χ0) is 13.1. The molecule has 106 valence electrons. The van der Waals surface area contributed by atoms with Crippen molar-refractivity contribution in [1.82, 2.24) is 9.80 Å². The molecule has 0 saturated carbocycles. The molecule has 3 rings (SSSR count). The molecule has 5 nitrogen and oxygen atoms in total. The molecule has 3 aliphatic rings. The first-order valence-electron chi connectivity index (χ1n) is 7.53. The number of hydrogen-bond donors (Lipinski definition) is 0. The number of hydrogen-bond acceptors (Lipinski definition) is 4. The van der Waals surface area contributed by atoms with E-state index in [1.54, 1.807) is 0 Å². The van der Waals surface area contributed by atoms with Crippen molar-refractivity contribution in [3.05, 3.63) is 0 Å². The Kier molecular flexibility index (Phi) is 4.01. The zero-order valence-corrected chi connectivity index (χ0v) is 11.5. The Morgan fingerprint density at radius 3 is 2.79 bits per heavy atom. The summed E-state index contributed by atoms with van der Waals surface area (Å²) in [7, 11) is 0. The summed E-state index contributed by atoms with van der Waals surface area (Å²) >= 11 is 0. The van der Waals surface area contributed by atoms with E-state index in [-0.39, 0.29) is 12.0 Å². The van der Waals surface area contributed by atoms with Crippen LogP contribution in [0, 0.1) is 0 Å². The smallest absolute Gasteiger partial charge is 0.222 e. The van der Waals surface area contributed by atoms with E-state index in [2.05, 4.69) is 10.1 Å². The fraction of sp³-hybridized carbons (Fsp3) is 0.857. The third-order valence-electron chi connectivity index (χ3n) is 4.30. The molecule has 2 saturated heterocycles. The quantitative estimate of drug-likeness (QED) is 0.751. The van der Waals surface area contributed by atoms with Gasteiger partial charge in [0.15, 0.2) is 0 Å². The van der Waals surface area contributed by atoms with Gasteiger partial charge in [0, 0.05) is 32.4 Å². The number of oxime groups is 1. The van der Waals surface area contributed by atoms with Gasteiger partial charge in [-0.25, -0.2) is 0 Å². The summed E-state index contributed by atoms with van der Waals surface area (Å²) in [5, 5.41) is 4.20. The van der Waals surface area contributed by atoms with Crippen LogP contribution in [0.5, 0.6) is 0 Å². The third kappa shape index (κ3) is 3.26. The minimum atomic E-state index is 0.0932. The lowest BCUT2D eigenvalue weighted by Gasteiger charge is -2.18. The van der Waals surface area contributed by atoms with Crippen LogP contribution in [0.4, 0.5) is 0 Å². The lowest BCUT2D eigenvalue weighted by molar-refractivity contribution is -0.129. The summed E-state index contributed by atoms with van der Waals surface area (Å²) < 4.78 is 0. The average molecular weight is 265 g/mol. The fourth-order valence-electron chi connectivity index (χ4n) is 3.17. The van der Waals surface area contributed by atoms with Crippen molar-refractivity contribution in [2.45, 2.75) is 44.6 Å². The molecule has 3 aliphatic heterocycles. The van der Waals surface area contributed by atoms with Gasteiger partial charge >= 0.3 is 0 Å². The zero-order valence-electron chi connectivity index (χ0n) is 11.5. The van der Waals surface area contributed by atoms with Crippen molar-refractivity contribution in [3.63, 3.8) is 0 Å². The van der Waals surface area contributed by atoms with Gasteiger partial charge in [-0.2, -0.15) is 0 Å². The lowest BCUT2D eigenvalue weighted by atomic mass is 10.1. The topological polar surface area (TPSA) is 45.1 Å². The first-order valence-corrected chi connectivity index (χ1v) is 7.53. The monoisotopic (exact) mass is 265 g/mol. The van der Waals surface area contributed by atoms with Gasteiger partial charge < -0.3 is 14.6 Å². The van der Waals surface area contributed by atoms with Gasteiger partial charge in [-0.3, -0.25) is 4.79 Å². The highest BCUT2D eigenvalue weighted by Crippen LogP contribution is 2.18. The molecule has 0 radical (unpaired) electrons. The molecule has 19 heavy (non-hydrogen) atoms. The average Bonchev–Trinajstić information content (AvgIpc) is 3.12. The molecule has 0 spiro atoms. The summed E-state index contributed by atoms with van der Waals surface area (Å²) in [6.07, 6.45) is 6.38. The van der Waals surface area contributed by atoms with E-state index < -0.39 is 0 Å². The second-order valence-corrected chi connectivity index (χ2v) is 5.83. The largest absolute Gasteiger partial charge is 0.390 e. The molecule has 0 aliphatic carbocycles. The molecule has 0 aromatic heterocycles. The first-order chi connectivity index (χ1) is 9.31. The van der Waals surface area contributed by atoms with E-state index in [4.69, 9.17) is 4.84 Å². The molecule has 3 heterocycles. The SMILES string of the molecule is O=C1CCCN1CC1CC(CCN2CCCC2)=NO1. The van der Waals surface area contributed by atoms with Crippen molar-refractivity contribution in [1.29, 1.82) is 0 Å². The Labute approximate surface area is 114 Å². The molecule has 5 heteroatoms. The summed E-state index contributed by atoms with van der Waals surface area (Å²) in [5.74, 6) is 0.272. The summed E-state index contributed by atoms with van der Waals surface area (Å²) in [6.45, 7) is 5.19. The van der Waals surface area contributed by atoms with Gasteiger partial charge in [0.2, 0.25) is 5.91 Å². The van der Waals surface area contributed by atoms with Crippen LogP contribution in [0.1, 0.15) is 38.5 Å². The molecule has 1 atom stereocenters. The van der Waals surface area contributed by atoms with Gasteiger partial charge in [-0.1, -0.05) is 5.16 Å². The number of amides is 1. The van der Waals surface area contributed by atoms with E-state index in [1.165, 1.54) is 31.6 Å². The second kappa shape index (κ2) is 5.90. The second-order valence-electron chi connectivity index (χ2n) is 5.83. The Hall–Kier alpha value is -1.10. The number of likely N-dealkylation sites (tertiary alicyclic amines) is 2. The Morgan fingerprint density at radius 2 is 2.05 bits per heavy atom. The minimum absolute atomic E-state index is 0.0932. The Balaban J connectivity index is 1.38. The highest BCUT2D eigenvalue weighted by molar-refractivity contribution is 5.85. The van der Waals surface area contributed by atoms with Crippen LogP contribution in [-0.4, -0.2) is 60.2 Å². The fourth-order valence-corrected chi connectivity index (χ4v) is 3.17. The number of carbonyl (C=O) groups is 1. The molecule has 0 aromatic carbocycles. The van der Waals surface area contributed by atoms with Crippen molar-refractivity contribution in [2.24, 2.45) is 5.16 Å². The standard InChI is InChI=1S/C14H23N3O2/c18-14-4-3-8-17(14)11-13-10-12(15-19-13)5-9-16-6-1-2-7-16/h13H,1-11H2. The molecule has 1 amide bonds. The van der Waals surface area contributed by atoms with Crippen LogP contribution in [-0.2, 0) is 9.63 Å². The van der Waals surface area contributed by atoms with Crippen molar-refractivity contribution in [3.8, 4) is 0 Å². The molecular formula is C14H23N3O2. The van der Waals surface area contributed by atoms with Crippen LogP contribution in [0.2, 0.25) is 0 Å². The van der Waals surface area contributed by atoms with Crippen LogP contribution in [0.15, 0.2) is 5.16 Å². The highest BCUT2D eigenvalue weighted by atomic mass is 16.6. The maximum atomic E-state index is 11.6. The molecule has 2 fully saturated rings. The minimum Gasteiger partial charge on any atom is -0.390 e. The Morgan fingerprint density at radius 1 is 1.21 bits per heavy atom. The molecule has 0 bridgehead atoms. The van der Waals surface area contributed by atoms with Gasteiger partial charge in [-0.05, 0) is 32.4 Å². The van der Waals surface area contributed by atoms with Crippen LogP contribution >= 0.6 is 0 Å². The van der Waals surface area contributed by atoms with Gasteiger partial charge in [-0.15, -0.1) is 0 Å². The normalized spacial score (nSPS) is 28.0. The number of nitrogens with zero attached hydrogens (tertiary/aromatic N) is 3. The van der Waals surface area contributed by atoms with E-state index in [1.807, 2.05) is 4.90 Å². The van der Waals surface area contributed by atoms with Crippen LogP contribution in [0.3, 0.4) is 0 Å². The predicted molar refractivity (Wildman–Crippen MR) is 73.0 cm³/mol. The Bertz CT molecular complexity index is 364. The van der Waals surface area contributed by atoms with Crippen molar-refractivity contribution < 1.29 is 9.63 Å². The maximum absolute atomic E-state index is 11.6. The van der Waals surface area contributed by atoms with Crippen LogP contribution in [0.25, 0.3) is 0 Å².